The van der Waals surface area contributed by atoms with Crippen LogP contribution in [0.1, 0.15) is 32.3 Å². The van der Waals surface area contributed by atoms with Gasteiger partial charge >= 0.3 is 0 Å². The molecule has 5 nitrogen and oxygen atoms in total. The minimum absolute atomic E-state index is 0.139. The quantitative estimate of drug-likeness (QED) is 0.494. The van der Waals surface area contributed by atoms with Gasteiger partial charge in [-0.2, -0.15) is 0 Å². The number of phenols is 1. The van der Waals surface area contributed by atoms with Crippen molar-refractivity contribution in [1.29, 1.82) is 0 Å². The highest BCUT2D eigenvalue weighted by Crippen LogP contribution is 2.34. The van der Waals surface area contributed by atoms with Gasteiger partial charge in [-0.3, -0.25) is 0 Å². The van der Waals surface area contributed by atoms with Crippen LogP contribution in [0.2, 0.25) is 0 Å². The van der Waals surface area contributed by atoms with Gasteiger partial charge < -0.3 is 10.0 Å². The van der Waals surface area contributed by atoms with Gasteiger partial charge in [0.1, 0.15) is 11.4 Å². The SMILES string of the molecule is CCCN(CCC)c1ccc(N=Nc2nc3ccc(C)cc3s2)c(O)c1. The largest absolute Gasteiger partial charge is 0.506 e. The van der Waals surface area contributed by atoms with E-state index in [1.54, 1.807) is 6.07 Å². The van der Waals surface area contributed by atoms with E-state index in [0.29, 0.717) is 10.8 Å². The van der Waals surface area contributed by atoms with Crippen molar-refractivity contribution in [2.75, 3.05) is 18.0 Å². The Labute approximate surface area is 158 Å². The summed E-state index contributed by atoms with van der Waals surface area (Å²) in [5.41, 5.74) is 3.59. The van der Waals surface area contributed by atoms with Gasteiger partial charge in [0.15, 0.2) is 0 Å². The van der Waals surface area contributed by atoms with Crippen LogP contribution < -0.4 is 4.90 Å². The number of hydrogen-bond acceptors (Lipinski definition) is 6. The molecule has 26 heavy (non-hydrogen) atoms. The van der Waals surface area contributed by atoms with Crippen molar-refractivity contribution in [3.8, 4) is 5.75 Å². The lowest BCUT2D eigenvalue weighted by Gasteiger charge is -2.24. The van der Waals surface area contributed by atoms with Crippen LogP contribution in [0.25, 0.3) is 10.2 Å². The highest BCUT2D eigenvalue weighted by molar-refractivity contribution is 7.21. The molecule has 0 bridgehead atoms. The normalized spacial score (nSPS) is 11.5. The Bertz CT molecular complexity index is 913. The van der Waals surface area contributed by atoms with E-state index in [2.05, 4.69) is 46.9 Å². The third kappa shape index (κ3) is 4.19. The van der Waals surface area contributed by atoms with Crippen molar-refractivity contribution in [3.63, 3.8) is 0 Å². The number of azo groups is 1. The lowest BCUT2D eigenvalue weighted by molar-refractivity contribution is 0.476. The fraction of sp³-hybridized carbons (Fsp3) is 0.350. The molecule has 1 aromatic heterocycles. The Balaban J connectivity index is 1.81. The third-order valence-corrected chi connectivity index (χ3v) is 4.99. The number of rotatable bonds is 7. The van der Waals surface area contributed by atoms with Gasteiger partial charge in [-0.1, -0.05) is 31.3 Å². The molecule has 0 saturated carbocycles. The molecule has 0 aliphatic heterocycles. The number of phenolic OH excluding ortho intramolecular Hbond substituents is 1. The second kappa shape index (κ2) is 8.27. The molecule has 3 rings (SSSR count). The summed E-state index contributed by atoms with van der Waals surface area (Å²) in [5.74, 6) is 0.139. The minimum atomic E-state index is 0.139. The van der Waals surface area contributed by atoms with E-state index in [-0.39, 0.29) is 5.75 Å². The first-order chi connectivity index (χ1) is 12.6. The van der Waals surface area contributed by atoms with Crippen LogP contribution in [0, 0.1) is 6.92 Å². The van der Waals surface area contributed by atoms with E-state index in [0.717, 1.165) is 41.8 Å². The Morgan fingerprint density at radius 2 is 1.81 bits per heavy atom. The summed E-state index contributed by atoms with van der Waals surface area (Å²) >= 11 is 1.50. The zero-order valence-corrected chi connectivity index (χ0v) is 16.3. The lowest BCUT2D eigenvalue weighted by atomic mass is 10.2. The highest BCUT2D eigenvalue weighted by Gasteiger charge is 2.09. The molecular weight excluding hydrogens is 344 g/mol. The van der Waals surface area contributed by atoms with E-state index in [4.69, 9.17) is 0 Å². The van der Waals surface area contributed by atoms with Gasteiger partial charge in [0, 0.05) is 24.8 Å². The predicted octanol–water partition coefficient (Wildman–Crippen LogP) is 6.35. The standard InChI is InChI=1S/C20H24N4OS/c1-4-10-24(11-5-2)15-7-9-16(18(25)13-15)22-23-20-21-17-8-6-14(3)12-19(17)26-20/h6-9,12-13,25H,4-5,10-11H2,1-3H3. The average Bonchev–Trinajstić information content (AvgIpc) is 3.02. The fourth-order valence-corrected chi connectivity index (χ4v) is 3.75. The first-order valence-corrected chi connectivity index (χ1v) is 9.79. The van der Waals surface area contributed by atoms with Gasteiger partial charge in [-0.25, -0.2) is 4.98 Å². The van der Waals surface area contributed by atoms with Crippen LogP contribution in [0.3, 0.4) is 0 Å². The van der Waals surface area contributed by atoms with Crippen LogP contribution in [-0.4, -0.2) is 23.2 Å². The molecule has 3 aromatic rings. The predicted molar refractivity (Wildman–Crippen MR) is 109 cm³/mol. The molecule has 0 amide bonds. The smallest absolute Gasteiger partial charge is 0.231 e. The monoisotopic (exact) mass is 368 g/mol. The van der Waals surface area contributed by atoms with Gasteiger partial charge in [0.2, 0.25) is 5.13 Å². The van der Waals surface area contributed by atoms with Gasteiger partial charge in [-0.15, -0.1) is 10.2 Å². The Morgan fingerprint density at radius 3 is 2.50 bits per heavy atom. The summed E-state index contributed by atoms with van der Waals surface area (Å²) < 4.78 is 1.09. The van der Waals surface area contributed by atoms with Gasteiger partial charge in [0.05, 0.1) is 10.2 Å². The number of aryl methyl sites for hydroxylation is 1. The number of benzene rings is 2. The van der Waals surface area contributed by atoms with Gasteiger partial charge in [0.25, 0.3) is 0 Å². The molecule has 0 unspecified atom stereocenters. The molecule has 0 aliphatic carbocycles. The van der Waals surface area contributed by atoms with Crippen LogP contribution in [0.4, 0.5) is 16.5 Å². The molecule has 0 fully saturated rings. The maximum atomic E-state index is 10.3. The second-order valence-corrected chi connectivity index (χ2v) is 7.34. The van der Waals surface area contributed by atoms with Crippen LogP contribution in [0.5, 0.6) is 5.75 Å². The molecule has 0 spiro atoms. The van der Waals surface area contributed by atoms with E-state index in [9.17, 15) is 5.11 Å². The number of fused-ring (bicyclic) bond motifs is 1. The molecule has 1 N–H and O–H groups in total. The zero-order valence-electron chi connectivity index (χ0n) is 15.4. The van der Waals surface area contributed by atoms with Crippen molar-refractivity contribution in [2.24, 2.45) is 10.2 Å². The van der Waals surface area contributed by atoms with Crippen molar-refractivity contribution < 1.29 is 5.11 Å². The molecule has 2 aromatic carbocycles. The first-order valence-electron chi connectivity index (χ1n) is 8.97. The Kier molecular flexibility index (Phi) is 5.83. The van der Waals surface area contributed by atoms with E-state index >= 15 is 0 Å². The molecule has 136 valence electrons. The van der Waals surface area contributed by atoms with E-state index < -0.39 is 0 Å². The first kappa shape index (κ1) is 18.3. The van der Waals surface area contributed by atoms with Crippen molar-refractivity contribution in [1.82, 2.24) is 4.98 Å². The summed E-state index contributed by atoms with van der Waals surface area (Å²) in [4.78, 5) is 6.74. The third-order valence-electron chi connectivity index (χ3n) is 4.09. The molecule has 0 radical (unpaired) electrons. The van der Waals surface area contributed by atoms with Crippen molar-refractivity contribution in [3.05, 3.63) is 42.0 Å². The number of aromatic hydroxyl groups is 1. The Hall–Kier alpha value is -2.47. The summed E-state index contributed by atoms with van der Waals surface area (Å²) in [6, 6.07) is 11.7. The molecular formula is C20H24N4OS. The zero-order chi connectivity index (χ0) is 18.5. The maximum Gasteiger partial charge on any atom is 0.231 e. The van der Waals surface area contributed by atoms with E-state index in [1.165, 1.54) is 16.9 Å². The number of nitrogens with zero attached hydrogens (tertiary/aromatic N) is 4. The number of anilines is 1. The minimum Gasteiger partial charge on any atom is -0.506 e. The fourth-order valence-electron chi connectivity index (χ4n) is 2.86. The summed E-state index contributed by atoms with van der Waals surface area (Å²) in [5, 5.41) is 19.3. The van der Waals surface area contributed by atoms with Crippen LogP contribution >= 0.6 is 11.3 Å². The average molecular weight is 369 g/mol. The number of hydrogen-bond donors (Lipinski definition) is 1. The second-order valence-electron chi connectivity index (χ2n) is 6.33. The lowest BCUT2D eigenvalue weighted by Crippen LogP contribution is -2.24. The van der Waals surface area contributed by atoms with Crippen molar-refractivity contribution in [2.45, 2.75) is 33.6 Å². The highest BCUT2D eigenvalue weighted by atomic mass is 32.1. The molecule has 1 heterocycles. The molecule has 6 heteroatoms. The number of aromatic nitrogens is 1. The maximum absolute atomic E-state index is 10.3. The summed E-state index contributed by atoms with van der Waals surface area (Å²) in [7, 11) is 0. The van der Waals surface area contributed by atoms with Crippen LogP contribution in [-0.2, 0) is 0 Å². The molecule has 0 saturated heterocycles. The van der Waals surface area contributed by atoms with E-state index in [1.807, 2.05) is 24.3 Å². The van der Waals surface area contributed by atoms with Crippen molar-refractivity contribution >= 4 is 38.1 Å². The summed E-state index contributed by atoms with van der Waals surface area (Å²) in [6.07, 6.45) is 2.14. The van der Waals surface area contributed by atoms with Crippen LogP contribution in [0.15, 0.2) is 46.6 Å². The van der Waals surface area contributed by atoms with Gasteiger partial charge in [-0.05, 0) is 49.6 Å². The number of thiazole rings is 1. The molecule has 0 atom stereocenters. The topological polar surface area (TPSA) is 61.1 Å². The Morgan fingerprint density at radius 1 is 1.04 bits per heavy atom. The molecule has 0 aliphatic rings. The summed E-state index contributed by atoms with van der Waals surface area (Å²) in [6.45, 7) is 8.31.